The molecule has 2 N–H and O–H groups in total. The lowest BCUT2D eigenvalue weighted by atomic mass is 10.1. The van der Waals surface area contributed by atoms with Gasteiger partial charge >= 0.3 is 5.97 Å². The number of halogens is 1. The van der Waals surface area contributed by atoms with E-state index in [1.165, 1.54) is 5.56 Å². The minimum absolute atomic E-state index is 0.231. The van der Waals surface area contributed by atoms with Gasteiger partial charge in [-0.1, -0.05) is 47.5 Å². The fraction of sp³-hybridized carbons (Fsp3) is 0.240. The number of rotatable bonds is 9. The summed E-state index contributed by atoms with van der Waals surface area (Å²) in [6, 6.07) is 16.8. The fourth-order valence-electron chi connectivity index (χ4n) is 3.08. The number of benzene rings is 3. The minimum Gasteiger partial charge on any atom is -0.490 e. The number of ether oxygens (including phenoxy) is 2. The lowest BCUT2D eigenvalue weighted by molar-refractivity contribution is 0.0697. The van der Waals surface area contributed by atoms with Gasteiger partial charge in [0.05, 0.1) is 12.2 Å². The lowest BCUT2D eigenvalue weighted by Gasteiger charge is -2.16. The average Bonchev–Trinajstić information content (AvgIpc) is 2.74. The Hall–Kier alpha value is -3.18. The van der Waals surface area contributed by atoms with E-state index < -0.39 is 5.97 Å². The second-order valence-corrected chi connectivity index (χ2v) is 7.69. The Morgan fingerprint density at radius 1 is 1.00 bits per heavy atom. The molecule has 0 atom stereocenters. The Morgan fingerprint density at radius 2 is 1.71 bits per heavy atom. The van der Waals surface area contributed by atoms with E-state index in [1.54, 1.807) is 24.3 Å². The topological polar surface area (TPSA) is 67.8 Å². The quantitative estimate of drug-likeness (QED) is 0.412. The van der Waals surface area contributed by atoms with Crippen molar-refractivity contribution < 1.29 is 19.4 Å². The minimum atomic E-state index is -0.963. The first-order chi connectivity index (χ1) is 14.9. The maximum atomic E-state index is 11.2. The Morgan fingerprint density at radius 3 is 2.39 bits per heavy atom. The van der Waals surface area contributed by atoms with Crippen LogP contribution in [0.1, 0.15) is 39.5 Å². The highest BCUT2D eigenvalue weighted by atomic mass is 35.5. The van der Waals surface area contributed by atoms with Gasteiger partial charge in [-0.15, -0.1) is 0 Å². The van der Waals surface area contributed by atoms with Crippen LogP contribution in [-0.4, -0.2) is 17.7 Å². The number of aryl methyl sites for hydroxylation is 2. The van der Waals surface area contributed by atoms with E-state index in [9.17, 15) is 9.90 Å². The number of anilines is 1. The van der Waals surface area contributed by atoms with Gasteiger partial charge in [-0.3, -0.25) is 0 Å². The molecular formula is C25H26ClNO4. The van der Waals surface area contributed by atoms with Crippen molar-refractivity contribution in [1.29, 1.82) is 0 Å². The molecule has 0 fully saturated rings. The van der Waals surface area contributed by atoms with Gasteiger partial charge in [0.1, 0.15) is 6.61 Å². The van der Waals surface area contributed by atoms with E-state index >= 15 is 0 Å². The molecule has 3 aromatic carbocycles. The number of nitrogens with one attached hydrogen (secondary N) is 1. The van der Waals surface area contributed by atoms with E-state index in [2.05, 4.69) is 5.32 Å². The van der Waals surface area contributed by atoms with E-state index in [1.807, 2.05) is 51.1 Å². The molecule has 5 nitrogen and oxygen atoms in total. The second-order valence-electron chi connectivity index (χ2n) is 7.29. The normalized spacial score (nSPS) is 10.6. The molecule has 0 heterocycles. The first-order valence-corrected chi connectivity index (χ1v) is 10.5. The third kappa shape index (κ3) is 5.92. The first kappa shape index (κ1) is 22.5. The maximum Gasteiger partial charge on any atom is 0.335 e. The van der Waals surface area contributed by atoms with Crippen LogP contribution < -0.4 is 14.8 Å². The summed E-state index contributed by atoms with van der Waals surface area (Å²) in [7, 11) is 0. The van der Waals surface area contributed by atoms with Gasteiger partial charge in [0.15, 0.2) is 11.5 Å². The van der Waals surface area contributed by atoms with Crippen molar-refractivity contribution in [3.8, 4) is 11.5 Å². The summed E-state index contributed by atoms with van der Waals surface area (Å²) in [5.74, 6) is 0.238. The smallest absolute Gasteiger partial charge is 0.335 e. The molecule has 0 aromatic heterocycles. The number of carboxylic acid groups (broad SMARTS) is 1. The van der Waals surface area contributed by atoms with Gasteiger partial charge in [0, 0.05) is 23.3 Å². The van der Waals surface area contributed by atoms with Crippen molar-refractivity contribution in [3.05, 3.63) is 87.4 Å². The monoisotopic (exact) mass is 439 g/mol. The molecule has 3 rings (SSSR count). The lowest BCUT2D eigenvalue weighted by Crippen LogP contribution is -2.06. The molecule has 3 aromatic rings. The van der Waals surface area contributed by atoms with Crippen LogP contribution in [0.15, 0.2) is 54.6 Å². The SMILES string of the molecule is CCOc1cc(CNc2cc(C(=O)O)ccc2C)c(Cl)cc1OCc1ccc(C)cc1. The van der Waals surface area contributed by atoms with Gasteiger partial charge < -0.3 is 19.9 Å². The van der Waals surface area contributed by atoms with Gasteiger partial charge in [-0.25, -0.2) is 4.79 Å². The molecule has 162 valence electrons. The molecule has 0 saturated carbocycles. The Labute approximate surface area is 187 Å². The molecule has 0 bridgehead atoms. The Kier molecular flexibility index (Phi) is 7.42. The molecule has 6 heteroatoms. The third-order valence-corrected chi connectivity index (χ3v) is 5.23. The molecule has 31 heavy (non-hydrogen) atoms. The zero-order chi connectivity index (χ0) is 22.4. The van der Waals surface area contributed by atoms with Crippen LogP contribution in [0.4, 0.5) is 5.69 Å². The van der Waals surface area contributed by atoms with Crippen molar-refractivity contribution in [2.45, 2.75) is 33.9 Å². The highest BCUT2D eigenvalue weighted by Crippen LogP contribution is 2.35. The van der Waals surface area contributed by atoms with Crippen LogP contribution in [-0.2, 0) is 13.2 Å². The highest BCUT2D eigenvalue weighted by molar-refractivity contribution is 6.31. The highest BCUT2D eigenvalue weighted by Gasteiger charge is 2.13. The molecule has 0 aliphatic heterocycles. The molecule has 0 unspecified atom stereocenters. The maximum absolute atomic E-state index is 11.2. The standard InChI is InChI=1S/C25H26ClNO4/c1-4-30-23-12-20(14-27-22-11-19(25(28)29)10-7-17(22)3)21(26)13-24(23)31-15-18-8-5-16(2)6-9-18/h5-13,27H,4,14-15H2,1-3H3,(H,28,29). The number of carbonyl (C=O) groups is 1. The zero-order valence-corrected chi connectivity index (χ0v) is 18.6. The fourth-order valence-corrected chi connectivity index (χ4v) is 3.30. The van der Waals surface area contributed by atoms with Crippen LogP contribution >= 0.6 is 11.6 Å². The zero-order valence-electron chi connectivity index (χ0n) is 17.9. The van der Waals surface area contributed by atoms with Crippen LogP contribution in [0.3, 0.4) is 0 Å². The van der Waals surface area contributed by atoms with Crippen molar-refractivity contribution in [3.63, 3.8) is 0 Å². The predicted octanol–water partition coefficient (Wildman–Crippen LogP) is 6.24. The van der Waals surface area contributed by atoms with Gasteiger partial charge in [0.25, 0.3) is 0 Å². The Balaban J connectivity index is 1.77. The van der Waals surface area contributed by atoms with E-state index in [0.717, 1.165) is 22.4 Å². The Bertz CT molecular complexity index is 1060. The summed E-state index contributed by atoms with van der Waals surface area (Å²) in [5.41, 5.74) is 5.01. The molecular weight excluding hydrogens is 414 g/mol. The van der Waals surface area contributed by atoms with Crippen LogP contribution in [0.2, 0.25) is 5.02 Å². The molecule has 0 aliphatic rings. The summed E-state index contributed by atoms with van der Waals surface area (Å²) in [5, 5.41) is 13.0. The van der Waals surface area contributed by atoms with E-state index in [4.69, 9.17) is 21.1 Å². The molecule has 0 aliphatic carbocycles. The van der Waals surface area contributed by atoms with Gasteiger partial charge in [-0.05, 0) is 55.7 Å². The number of aromatic carboxylic acids is 1. The van der Waals surface area contributed by atoms with Crippen molar-refractivity contribution in [1.82, 2.24) is 0 Å². The number of carboxylic acids is 1. The van der Waals surface area contributed by atoms with Crippen molar-refractivity contribution in [2.24, 2.45) is 0 Å². The summed E-state index contributed by atoms with van der Waals surface area (Å²) < 4.78 is 11.8. The van der Waals surface area contributed by atoms with Gasteiger partial charge in [0.2, 0.25) is 0 Å². The molecule has 0 amide bonds. The molecule has 0 saturated heterocycles. The third-order valence-electron chi connectivity index (χ3n) is 4.88. The second kappa shape index (κ2) is 10.2. The summed E-state index contributed by atoms with van der Waals surface area (Å²) in [6.45, 7) is 7.20. The summed E-state index contributed by atoms with van der Waals surface area (Å²) >= 11 is 6.52. The van der Waals surface area contributed by atoms with Crippen LogP contribution in [0.25, 0.3) is 0 Å². The summed E-state index contributed by atoms with van der Waals surface area (Å²) in [6.07, 6.45) is 0. The van der Waals surface area contributed by atoms with Crippen molar-refractivity contribution in [2.75, 3.05) is 11.9 Å². The predicted molar refractivity (Wildman–Crippen MR) is 124 cm³/mol. The molecule has 0 radical (unpaired) electrons. The summed E-state index contributed by atoms with van der Waals surface area (Å²) in [4.78, 5) is 11.2. The molecule has 0 spiro atoms. The first-order valence-electron chi connectivity index (χ1n) is 10.1. The largest absolute Gasteiger partial charge is 0.490 e. The van der Waals surface area contributed by atoms with Crippen LogP contribution in [0.5, 0.6) is 11.5 Å². The number of hydrogen-bond donors (Lipinski definition) is 2. The van der Waals surface area contributed by atoms with Gasteiger partial charge in [-0.2, -0.15) is 0 Å². The van der Waals surface area contributed by atoms with E-state index in [0.29, 0.717) is 36.3 Å². The van der Waals surface area contributed by atoms with Crippen molar-refractivity contribution >= 4 is 23.3 Å². The van der Waals surface area contributed by atoms with Crippen LogP contribution in [0, 0.1) is 13.8 Å². The average molecular weight is 440 g/mol. The van der Waals surface area contributed by atoms with E-state index in [-0.39, 0.29) is 5.56 Å². The number of hydrogen-bond acceptors (Lipinski definition) is 4.